The van der Waals surface area contributed by atoms with Gasteiger partial charge in [-0.25, -0.2) is 9.37 Å². The van der Waals surface area contributed by atoms with E-state index in [0.29, 0.717) is 6.07 Å². The molecule has 0 fully saturated rings. The first-order valence-corrected chi connectivity index (χ1v) is 5.56. The maximum absolute atomic E-state index is 13.0. The van der Waals surface area contributed by atoms with E-state index in [1.54, 1.807) is 0 Å². The van der Waals surface area contributed by atoms with E-state index in [2.05, 4.69) is 9.97 Å². The first-order valence-electron chi connectivity index (χ1n) is 5.18. The van der Waals surface area contributed by atoms with Crippen molar-refractivity contribution in [3.05, 3.63) is 58.4 Å². The van der Waals surface area contributed by atoms with Crippen molar-refractivity contribution in [2.45, 2.75) is 6.18 Å². The van der Waals surface area contributed by atoms with Crippen molar-refractivity contribution >= 4 is 17.4 Å². The fraction of sp³-hybridized carbons (Fsp3) is 0.0833. The zero-order valence-corrected chi connectivity index (χ0v) is 10.3. The summed E-state index contributed by atoms with van der Waals surface area (Å²) in [5.41, 5.74) is -1.60. The van der Waals surface area contributed by atoms with Crippen molar-refractivity contribution < 1.29 is 22.4 Å². The van der Waals surface area contributed by atoms with Gasteiger partial charge in [-0.15, -0.1) is 0 Å². The van der Waals surface area contributed by atoms with E-state index in [0.717, 1.165) is 24.5 Å². The Hall–Kier alpha value is -2.02. The average molecular weight is 305 g/mol. The molecule has 0 amide bonds. The molecule has 0 aliphatic carbocycles. The van der Waals surface area contributed by atoms with Crippen LogP contribution in [0.15, 0.2) is 30.6 Å². The van der Waals surface area contributed by atoms with Gasteiger partial charge in [0.15, 0.2) is 5.78 Å². The number of rotatable bonds is 2. The zero-order valence-electron chi connectivity index (χ0n) is 9.58. The summed E-state index contributed by atoms with van der Waals surface area (Å²) >= 11 is 5.57. The summed E-state index contributed by atoms with van der Waals surface area (Å²) in [6.45, 7) is 0. The minimum Gasteiger partial charge on any atom is -0.288 e. The van der Waals surface area contributed by atoms with Gasteiger partial charge in [0.25, 0.3) is 0 Å². The summed E-state index contributed by atoms with van der Waals surface area (Å²) in [5.74, 6) is -1.50. The molecule has 0 aliphatic rings. The van der Waals surface area contributed by atoms with E-state index in [-0.39, 0.29) is 11.1 Å². The van der Waals surface area contributed by atoms with Crippen LogP contribution in [0.25, 0.3) is 0 Å². The van der Waals surface area contributed by atoms with Crippen LogP contribution in [0, 0.1) is 5.82 Å². The molecule has 2 rings (SSSR count). The fourth-order valence-corrected chi connectivity index (χ4v) is 1.69. The Bertz CT molecular complexity index is 673. The van der Waals surface area contributed by atoms with Crippen molar-refractivity contribution in [3.63, 3.8) is 0 Å². The van der Waals surface area contributed by atoms with Gasteiger partial charge in [0.1, 0.15) is 16.7 Å². The number of hydrogen-bond acceptors (Lipinski definition) is 3. The van der Waals surface area contributed by atoms with Gasteiger partial charge < -0.3 is 0 Å². The van der Waals surface area contributed by atoms with Gasteiger partial charge in [-0.05, 0) is 18.2 Å². The van der Waals surface area contributed by atoms with Crippen molar-refractivity contribution in [3.8, 4) is 0 Å². The van der Waals surface area contributed by atoms with Crippen molar-refractivity contribution in [2.75, 3.05) is 0 Å². The SMILES string of the molecule is O=C(c1cncc(F)c1)c1ccc(C(F)(F)F)nc1Cl. The molecule has 0 saturated heterocycles. The topological polar surface area (TPSA) is 42.9 Å². The second kappa shape index (κ2) is 5.16. The van der Waals surface area contributed by atoms with Crippen LogP contribution in [-0.4, -0.2) is 15.8 Å². The molecule has 2 aromatic rings. The van der Waals surface area contributed by atoms with Crippen LogP contribution in [0.3, 0.4) is 0 Å². The van der Waals surface area contributed by atoms with Crippen LogP contribution < -0.4 is 0 Å². The van der Waals surface area contributed by atoms with E-state index in [1.807, 2.05) is 0 Å². The minimum absolute atomic E-state index is 0.131. The molecular formula is C12H5ClF4N2O. The number of ketones is 1. The molecule has 0 bridgehead atoms. The summed E-state index contributed by atoms with van der Waals surface area (Å²) in [6, 6.07) is 2.43. The van der Waals surface area contributed by atoms with Crippen molar-refractivity contribution in [2.24, 2.45) is 0 Å². The van der Waals surface area contributed by atoms with Crippen molar-refractivity contribution in [1.82, 2.24) is 9.97 Å². The summed E-state index contributed by atoms with van der Waals surface area (Å²) < 4.78 is 50.2. The predicted octanol–water partition coefficient (Wildman–Crippen LogP) is 3.52. The van der Waals surface area contributed by atoms with E-state index < -0.39 is 28.6 Å². The van der Waals surface area contributed by atoms with Gasteiger partial charge in [0, 0.05) is 11.8 Å². The number of carbonyl (C=O) groups excluding carboxylic acids is 1. The molecule has 0 saturated carbocycles. The smallest absolute Gasteiger partial charge is 0.288 e. The Morgan fingerprint density at radius 3 is 2.45 bits per heavy atom. The summed E-state index contributed by atoms with van der Waals surface area (Å²) in [4.78, 5) is 18.6. The molecule has 0 unspecified atom stereocenters. The monoisotopic (exact) mass is 304 g/mol. The lowest BCUT2D eigenvalue weighted by Crippen LogP contribution is -2.11. The maximum Gasteiger partial charge on any atom is 0.433 e. The van der Waals surface area contributed by atoms with Crippen LogP contribution in [0.1, 0.15) is 21.6 Å². The van der Waals surface area contributed by atoms with Crippen LogP contribution in [0.5, 0.6) is 0 Å². The third kappa shape index (κ3) is 2.93. The molecule has 0 aliphatic heterocycles. The summed E-state index contributed by atoms with van der Waals surface area (Å²) in [5, 5.41) is -0.603. The van der Waals surface area contributed by atoms with Gasteiger partial charge in [0.05, 0.1) is 11.8 Å². The van der Waals surface area contributed by atoms with Gasteiger partial charge in [-0.2, -0.15) is 13.2 Å². The molecule has 0 aromatic carbocycles. The third-order valence-electron chi connectivity index (χ3n) is 2.35. The van der Waals surface area contributed by atoms with Crippen LogP contribution >= 0.6 is 11.6 Å². The molecule has 0 N–H and O–H groups in total. The Labute approximate surface area is 115 Å². The maximum atomic E-state index is 13.0. The molecule has 0 atom stereocenters. The highest BCUT2D eigenvalue weighted by atomic mass is 35.5. The molecule has 20 heavy (non-hydrogen) atoms. The van der Waals surface area contributed by atoms with Gasteiger partial charge in [-0.1, -0.05) is 11.6 Å². The first-order chi connectivity index (χ1) is 9.29. The molecule has 2 aromatic heterocycles. The highest BCUT2D eigenvalue weighted by Gasteiger charge is 2.33. The lowest BCUT2D eigenvalue weighted by molar-refractivity contribution is -0.141. The standard InChI is InChI=1S/C12H5ClF4N2O/c13-11-8(1-2-9(19-11)12(15,16)17)10(20)6-3-7(14)5-18-4-6/h1-5H. The van der Waals surface area contributed by atoms with E-state index in [4.69, 9.17) is 11.6 Å². The molecule has 3 nitrogen and oxygen atoms in total. The number of nitrogens with zero attached hydrogens (tertiary/aromatic N) is 2. The average Bonchev–Trinajstić information content (AvgIpc) is 2.36. The molecule has 2 heterocycles. The first kappa shape index (κ1) is 14.4. The Morgan fingerprint density at radius 2 is 1.90 bits per heavy atom. The number of pyridine rings is 2. The van der Waals surface area contributed by atoms with Gasteiger partial charge >= 0.3 is 6.18 Å². The zero-order chi connectivity index (χ0) is 14.9. The van der Waals surface area contributed by atoms with Crippen LogP contribution in [0.2, 0.25) is 5.15 Å². The largest absolute Gasteiger partial charge is 0.433 e. The normalized spacial score (nSPS) is 11.4. The Kier molecular flexibility index (Phi) is 3.71. The van der Waals surface area contributed by atoms with Crippen LogP contribution in [-0.2, 0) is 6.18 Å². The van der Waals surface area contributed by atoms with E-state index >= 15 is 0 Å². The number of carbonyl (C=O) groups is 1. The Balaban J connectivity index is 2.41. The lowest BCUT2D eigenvalue weighted by atomic mass is 10.1. The molecule has 8 heteroatoms. The summed E-state index contributed by atoms with van der Waals surface area (Å²) in [7, 11) is 0. The van der Waals surface area contributed by atoms with Gasteiger partial charge in [0.2, 0.25) is 0 Å². The fourth-order valence-electron chi connectivity index (χ4n) is 1.45. The second-order valence-corrected chi connectivity index (χ2v) is 4.11. The number of hydrogen-bond donors (Lipinski definition) is 0. The highest BCUT2D eigenvalue weighted by molar-refractivity contribution is 6.33. The molecular weight excluding hydrogens is 300 g/mol. The number of alkyl halides is 3. The third-order valence-corrected chi connectivity index (χ3v) is 2.64. The highest BCUT2D eigenvalue weighted by Crippen LogP contribution is 2.30. The summed E-state index contributed by atoms with van der Waals surface area (Å²) in [6.07, 6.45) is -2.69. The quantitative estimate of drug-likeness (QED) is 0.484. The predicted molar refractivity (Wildman–Crippen MR) is 61.9 cm³/mol. The second-order valence-electron chi connectivity index (χ2n) is 3.75. The Morgan fingerprint density at radius 1 is 1.20 bits per heavy atom. The number of aromatic nitrogens is 2. The lowest BCUT2D eigenvalue weighted by Gasteiger charge is -2.08. The molecule has 104 valence electrons. The van der Waals surface area contributed by atoms with E-state index in [1.165, 1.54) is 0 Å². The molecule has 0 spiro atoms. The van der Waals surface area contributed by atoms with Crippen LogP contribution in [0.4, 0.5) is 17.6 Å². The van der Waals surface area contributed by atoms with Gasteiger partial charge in [-0.3, -0.25) is 9.78 Å². The molecule has 0 radical (unpaired) electrons. The number of halogens is 5. The van der Waals surface area contributed by atoms with Crippen molar-refractivity contribution in [1.29, 1.82) is 0 Å². The van der Waals surface area contributed by atoms with E-state index in [9.17, 15) is 22.4 Å². The minimum atomic E-state index is -4.66.